The minimum atomic E-state index is -3.47. The Labute approximate surface area is 185 Å². The van der Waals surface area contributed by atoms with Crippen LogP contribution < -0.4 is 10.5 Å². The van der Waals surface area contributed by atoms with Crippen LogP contribution in [-0.4, -0.2) is 36.9 Å². The van der Waals surface area contributed by atoms with Gasteiger partial charge in [0.15, 0.2) is 0 Å². The summed E-state index contributed by atoms with van der Waals surface area (Å²) in [6.45, 7) is 1.83. The lowest BCUT2D eigenvalue weighted by Gasteiger charge is -2.09. The van der Waals surface area contributed by atoms with Gasteiger partial charge in [0.05, 0.1) is 18.4 Å². The first-order valence-corrected chi connectivity index (χ1v) is 11.0. The van der Waals surface area contributed by atoms with Crippen molar-refractivity contribution in [2.24, 2.45) is 5.73 Å². The maximum Gasteiger partial charge on any atom is 0.335 e. The molecule has 0 radical (unpaired) electrons. The first-order chi connectivity index (χ1) is 14.1. The van der Waals surface area contributed by atoms with E-state index in [2.05, 4.69) is 4.72 Å². The van der Waals surface area contributed by atoms with Gasteiger partial charge in [-0.1, -0.05) is 12.1 Å². The van der Waals surface area contributed by atoms with E-state index in [1.54, 1.807) is 34.9 Å². The van der Waals surface area contributed by atoms with Crippen LogP contribution in [0.25, 0.3) is 22.0 Å². The Morgan fingerprint density at radius 2 is 1.97 bits per heavy atom. The lowest BCUT2D eigenvalue weighted by Crippen LogP contribution is -2.09. The molecule has 2 aromatic carbocycles. The van der Waals surface area contributed by atoms with Gasteiger partial charge in [0.1, 0.15) is 5.83 Å². The van der Waals surface area contributed by atoms with E-state index in [1.165, 1.54) is 18.2 Å². The largest absolute Gasteiger partial charge is 0.478 e. The quantitative estimate of drug-likeness (QED) is 0.487. The second-order valence-corrected chi connectivity index (χ2v) is 8.67. The molecule has 0 saturated heterocycles. The Bertz CT molecular complexity index is 1270. The lowest BCUT2D eigenvalue weighted by atomic mass is 10.0. The third-order valence-electron chi connectivity index (χ3n) is 4.67. The summed E-state index contributed by atoms with van der Waals surface area (Å²) in [5.41, 5.74) is 8.63. The van der Waals surface area contributed by atoms with Crippen molar-refractivity contribution >= 4 is 45.0 Å². The summed E-state index contributed by atoms with van der Waals surface area (Å²) in [5.74, 6) is -1.48. The number of benzene rings is 2. The number of aromatic nitrogens is 1. The highest BCUT2D eigenvalue weighted by atomic mass is 35.5. The minimum Gasteiger partial charge on any atom is -0.478 e. The van der Waals surface area contributed by atoms with Crippen molar-refractivity contribution in [1.29, 1.82) is 0 Å². The molecule has 1 heterocycles. The number of nitrogens with one attached hydrogen (secondary N) is 1. The molecule has 0 amide bonds. The Hall–Kier alpha value is -2.88. The second kappa shape index (κ2) is 9.51. The van der Waals surface area contributed by atoms with Gasteiger partial charge < -0.3 is 15.4 Å². The molecule has 3 aromatic rings. The van der Waals surface area contributed by atoms with Crippen LogP contribution in [0.4, 0.5) is 10.1 Å². The number of nitrogens with zero attached hydrogens (tertiary/aromatic N) is 1. The van der Waals surface area contributed by atoms with Crippen LogP contribution in [0.2, 0.25) is 0 Å². The summed E-state index contributed by atoms with van der Waals surface area (Å²) in [4.78, 5) is 11.5. The van der Waals surface area contributed by atoms with Crippen LogP contribution >= 0.6 is 12.4 Å². The third kappa shape index (κ3) is 5.43. The molecule has 0 aliphatic rings. The van der Waals surface area contributed by atoms with Crippen molar-refractivity contribution in [3.8, 4) is 11.1 Å². The highest BCUT2D eigenvalue weighted by Gasteiger charge is 2.19. The molecule has 0 bridgehead atoms. The summed E-state index contributed by atoms with van der Waals surface area (Å²) < 4.78 is 41.6. The van der Waals surface area contributed by atoms with Crippen molar-refractivity contribution in [1.82, 2.24) is 4.57 Å². The Morgan fingerprint density at radius 3 is 2.58 bits per heavy atom. The predicted octanol–water partition coefficient (Wildman–Crippen LogP) is 3.92. The smallest absolute Gasteiger partial charge is 0.335 e. The maximum absolute atomic E-state index is 14.3. The lowest BCUT2D eigenvalue weighted by molar-refractivity contribution is 0.0697. The van der Waals surface area contributed by atoms with Crippen molar-refractivity contribution < 1.29 is 22.7 Å². The average Bonchev–Trinajstić information content (AvgIpc) is 2.91. The predicted molar refractivity (Wildman–Crippen MR) is 123 cm³/mol. The van der Waals surface area contributed by atoms with Crippen LogP contribution in [0.1, 0.15) is 16.1 Å². The number of nitrogens with two attached hydrogens (primary N) is 1. The van der Waals surface area contributed by atoms with Gasteiger partial charge in [-0.15, -0.1) is 12.4 Å². The minimum absolute atomic E-state index is 0. The number of carboxylic acid groups (broad SMARTS) is 1. The number of carboxylic acids is 1. The topological polar surface area (TPSA) is 114 Å². The third-order valence-corrected chi connectivity index (χ3v) is 5.28. The number of sulfonamides is 1. The molecular weight excluding hydrogens is 445 g/mol. The van der Waals surface area contributed by atoms with Gasteiger partial charge >= 0.3 is 5.97 Å². The zero-order valence-corrected chi connectivity index (χ0v) is 18.6. The Kier molecular flexibility index (Phi) is 7.48. The monoisotopic (exact) mass is 467 g/mol. The van der Waals surface area contributed by atoms with E-state index in [-0.39, 0.29) is 31.1 Å². The van der Waals surface area contributed by atoms with E-state index in [1.807, 2.05) is 6.92 Å². The number of hydrogen-bond donors (Lipinski definition) is 3. The fourth-order valence-corrected chi connectivity index (χ4v) is 4.03. The van der Waals surface area contributed by atoms with E-state index < -0.39 is 21.8 Å². The fourth-order valence-electron chi connectivity index (χ4n) is 3.48. The molecule has 0 aliphatic heterocycles. The summed E-state index contributed by atoms with van der Waals surface area (Å²) in [7, 11) is -3.47. The number of anilines is 1. The molecule has 0 atom stereocenters. The van der Waals surface area contributed by atoms with Crippen LogP contribution in [0.5, 0.6) is 0 Å². The van der Waals surface area contributed by atoms with E-state index in [4.69, 9.17) is 5.73 Å². The van der Waals surface area contributed by atoms with Crippen molar-refractivity contribution in [2.45, 2.75) is 13.5 Å². The van der Waals surface area contributed by atoms with Gasteiger partial charge in [0.25, 0.3) is 0 Å². The standard InChI is InChI=1S/C21H22FN3O4S.ClH/c1-13-20(14-4-3-5-17(10-14)24-30(2,28)29)18-11-15(21(26)27)6-7-19(18)25(13)12-16(22)8-9-23;/h3-8,10-11,24H,9,12,23H2,1-2H3,(H,26,27);1H. The second-order valence-electron chi connectivity index (χ2n) is 6.93. The van der Waals surface area contributed by atoms with E-state index >= 15 is 0 Å². The zero-order chi connectivity index (χ0) is 22.1. The van der Waals surface area contributed by atoms with Crippen LogP contribution in [0.15, 0.2) is 54.4 Å². The number of hydrogen-bond acceptors (Lipinski definition) is 4. The Balaban J connectivity index is 0.00000341. The molecule has 7 nitrogen and oxygen atoms in total. The average molecular weight is 468 g/mol. The first-order valence-electron chi connectivity index (χ1n) is 9.09. The van der Waals surface area contributed by atoms with Gasteiger partial charge in [0, 0.05) is 34.4 Å². The first kappa shape index (κ1) is 24.4. The molecule has 10 heteroatoms. The SMILES string of the molecule is Cc1c(-c2cccc(NS(C)(=O)=O)c2)c2cc(C(=O)O)ccc2n1CC(F)=CCN.Cl. The molecule has 166 valence electrons. The molecule has 0 fully saturated rings. The molecule has 0 unspecified atom stereocenters. The van der Waals surface area contributed by atoms with Crippen LogP contribution in [0.3, 0.4) is 0 Å². The molecule has 4 N–H and O–H groups in total. The van der Waals surface area contributed by atoms with Crippen molar-refractivity contribution in [3.05, 3.63) is 65.6 Å². The number of halogens is 2. The normalized spacial score (nSPS) is 11.9. The molecular formula is C21H23ClFN3O4S. The van der Waals surface area contributed by atoms with Crippen LogP contribution in [-0.2, 0) is 16.6 Å². The van der Waals surface area contributed by atoms with Crippen molar-refractivity contribution in [2.75, 3.05) is 17.5 Å². The number of aromatic carboxylic acids is 1. The number of rotatable bonds is 7. The summed E-state index contributed by atoms with van der Waals surface area (Å²) >= 11 is 0. The Morgan fingerprint density at radius 1 is 1.26 bits per heavy atom. The number of carbonyl (C=O) groups is 1. The highest BCUT2D eigenvalue weighted by Crippen LogP contribution is 2.37. The highest BCUT2D eigenvalue weighted by molar-refractivity contribution is 7.92. The van der Waals surface area contributed by atoms with Gasteiger partial charge in [0.2, 0.25) is 10.0 Å². The van der Waals surface area contributed by atoms with Gasteiger partial charge in [-0.05, 0) is 48.9 Å². The zero-order valence-electron chi connectivity index (χ0n) is 16.9. The number of fused-ring (bicyclic) bond motifs is 1. The molecule has 0 saturated carbocycles. The fraction of sp³-hybridized carbons (Fsp3) is 0.190. The molecule has 1 aromatic heterocycles. The van der Waals surface area contributed by atoms with Gasteiger partial charge in [-0.3, -0.25) is 4.72 Å². The van der Waals surface area contributed by atoms with E-state index in [0.717, 1.165) is 6.26 Å². The molecule has 0 spiro atoms. The summed E-state index contributed by atoms with van der Waals surface area (Å²) in [6, 6.07) is 11.4. The van der Waals surface area contributed by atoms with Gasteiger partial charge in [-0.25, -0.2) is 17.6 Å². The molecule has 31 heavy (non-hydrogen) atoms. The van der Waals surface area contributed by atoms with E-state index in [0.29, 0.717) is 33.4 Å². The summed E-state index contributed by atoms with van der Waals surface area (Å²) in [6.07, 6.45) is 2.34. The molecule has 0 aliphatic carbocycles. The molecule has 3 rings (SSSR count). The number of allylic oxidation sites excluding steroid dienone is 1. The van der Waals surface area contributed by atoms with Crippen molar-refractivity contribution in [3.63, 3.8) is 0 Å². The van der Waals surface area contributed by atoms with Gasteiger partial charge in [-0.2, -0.15) is 0 Å². The van der Waals surface area contributed by atoms with E-state index in [9.17, 15) is 22.7 Å². The summed E-state index contributed by atoms with van der Waals surface area (Å²) in [5, 5.41) is 10.0. The maximum atomic E-state index is 14.3. The van der Waals surface area contributed by atoms with Crippen LogP contribution in [0, 0.1) is 6.92 Å².